The van der Waals surface area contributed by atoms with Gasteiger partial charge in [0.05, 0.1) is 36.2 Å². The molecule has 1 atom stereocenters. The number of ether oxygens (including phenoxy) is 2. The summed E-state index contributed by atoms with van der Waals surface area (Å²) in [4.78, 5) is 4.38. The number of hydrogen-bond acceptors (Lipinski definition) is 5. The van der Waals surface area contributed by atoms with Gasteiger partial charge in [-0.25, -0.2) is 0 Å². The number of aromatic nitrogens is 1. The van der Waals surface area contributed by atoms with Crippen molar-refractivity contribution in [3.05, 3.63) is 96.7 Å². The van der Waals surface area contributed by atoms with Gasteiger partial charge in [-0.3, -0.25) is 4.98 Å². The maximum absolute atomic E-state index is 6.18. The molecule has 0 fully saturated rings. The predicted molar refractivity (Wildman–Crippen MR) is 117 cm³/mol. The number of nitrogens with one attached hydrogen (secondary N) is 1. The summed E-state index contributed by atoms with van der Waals surface area (Å²) in [6.07, 6.45) is 1.17. The molecule has 5 nitrogen and oxygen atoms in total. The monoisotopic (exact) mass is 385 g/mol. The second-order valence-corrected chi connectivity index (χ2v) is 6.64. The number of rotatable bonds is 8. The van der Waals surface area contributed by atoms with Crippen LogP contribution in [0.3, 0.4) is 0 Å². The molecule has 4 aromatic rings. The molecule has 0 radical (unpaired) electrons. The van der Waals surface area contributed by atoms with Crippen LogP contribution in [0.15, 0.2) is 91.1 Å². The van der Waals surface area contributed by atoms with Crippen LogP contribution in [-0.2, 0) is 11.3 Å². The minimum Gasteiger partial charge on any atom is -0.463 e. The summed E-state index contributed by atoms with van der Waals surface area (Å²) < 4.78 is 12.1. The summed E-state index contributed by atoms with van der Waals surface area (Å²) in [6.45, 7) is 0.881. The van der Waals surface area contributed by atoms with Crippen molar-refractivity contribution in [2.24, 2.45) is 0 Å². The second kappa shape index (κ2) is 9.08. The maximum atomic E-state index is 6.18. The van der Waals surface area contributed by atoms with E-state index in [9.17, 15) is 0 Å². The van der Waals surface area contributed by atoms with E-state index in [1.54, 1.807) is 6.20 Å². The first-order valence-corrected chi connectivity index (χ1v) is 9.54. The molecule has 3 aromatic carbocycles. The van der Waals surface area contributed by atoms with E-state index in [0.717, 1.165) is 27.9 Å². The second-order valence-electron chi connectivity index (χ2n) is 6.64. The smallest absolute Gasteiger partial charge is 0.217 e. The quantitative estimate of drug-likeness (QED) is 0.424. The van der Waals surface area contributed by atoms with Crippen molar-refractivity contribution in [1.29, 1.82) is 0 Å². The Hall–Kier alpha value is -3.57. The van der Waals surface area contributed by atoms with Crippen molar-refractivity contribution in [2.75, 3.05) is 17.6 Å². The molecule has 0 saturated heterocycles. The van der Waals surface area contributed by atoms with Crippen LogP contribution in [0.4, 0.5) is 11.4 Å². The first kappa shape index (κ1) is 18.8. The summed E-state index contributed by atoms with van der Waals surface area (Å²) in [7, 11) is 0. The fraction of sp³-hybridized carbons (Fsp3) is 0.125. The maximum Gasteiger partial charge on any atom is 0.217 e. The summed E-state index contributed by atoms with van der Waals surface area (Å²) in [6, 6.07) is 27.6. The van der Waals surface area contributed by atoms with Crippen molar-refractivity contribution < 1.29 is 9.47 Å². The number of nitrogens with two attached hydrogens (primary N) is 1. The SMILES string of the molecule is Nc1cnc2ccccc2c1NCC(OCc1ccccc1)Oc1ccccc1. The first-order valence-electron chi connectivity index (χ1n) is 9.54. The largest absolute Gasteiger partial charge is 0.463 e. The average Bonchev–Trinajstić information content (AvgIpc) is 2.78. The molecule has 0 amide bonds. The summed E-state index contributed by atoms with van der Waals surface area (Å²) in [5.74, 6) is 0.750. The fourth-order valence-corrected chi connectivity index (χ4v) is 3.09. The molecule has 0 spiro atoms. The highest BCUT2D eigenvalue weighted by molar-refractivity contribution is 5.96. The number of pyridine rings is 1. The molecule has 1 aromatic heterocycles. The van der Waals surface area contributed by atoms with Gasteiger partial charge in [0, 0.05) is 5.39 Å². The van der Waals surface area contributed by atoms with E-state index in [-0.39, 0.29) is 0 Å². The van der Waals surface area contributed by atoms with E-state index in [1.807, 2.05) is 84.9 Å². The van der Waals surface area contributed by atoms with Crippen LogP contribution in [0.5, 0.6) is 5.75 Å². The third-order valence-electron chi connectivity index (χ3n) is 4.54. The van der Waals surface area contributed by atoms with Gasteiger partial charge in [0.1, 0.15) is 5.75 Å². The fourth-order valence-electron chi connectivity index (χ4n) is 3.09. The lowest BCUT2D eigenvalue weighted by molar-refractivity contribution is -0.0794. The number of fused-ring (bicyclic) bond motifs is 1. The molecule has 1 unspecified atom stereocenters. The molecular weight excluding hydrogens is 362 g/mol. The van der Waals surface area contributed by atoms with E-state index < -0.39 is 6.29 Å². The van der Waals surface area contributed by atoms with Gasteiger partial charge in [0.25, 0.3) is 0 Å². The molecular formula is C24H23N3O2. The van der Waals surface area contributed by atoms with Gasteiger partial charge < -0.3 is 20.5 Å². The topological polar surface area (TPSA) is 69.4 Å². The van der Waals surface area contributed by atoms with Crippen molar-refractivity contribution in [3.8, 4) is 5.75 Å². The molecule has 146 valence electrons. The van der Waals surface area contributed by atoms with Crippen LogP contribution in [0.2, 0.25) is 0 Å². The number of para-hydroxylation sites is 2. The number of nitrogen functional groups attached to an aromatic ring is 1. The minimum absolute atomic E-state index is 0.430. The Labute approximate surface area is 170 Å². The molecule has 0 saturated carbocycles. The van der Waals surface area contributed by atoms with Gasteiger partial charge in [-0.2, -0.15) is 0 Å². The van der Waals surface area contributed by atoms with Crippen LogP contribution >= 0.6 is 0 Å². The van der Waals surface area contributed by atoms with Crippen LogP contribution < -0.4 is 15.8 Å². The van der Waals surface area contributed by atoms with Crippen molar-refractivity contribution in [3.63, 3.8) is 0 Å². The van der Waals surface area contributed by atoms with Gasteiger partial charge in [-0.1, -0.05) is 66.7 Å². The molecule has 0 aliphatic heterocycles. The van der Waals surface area contributed by atoms with Crippen molar-refractivity contribution >= 4 is 22.3 Å². The molecule has 5 heteroatoms. The van der Waals surface area contributed by atoms with Crippen LogP contribution in [-0.4, -0.2) is 17.8 Å². The molecule has 3 N–H and O–H groups in total. The Kier molecular flexibility index (Phi) is 5.88. The lowest BCUT2D eigenvalue weighted by Crippen LogP contribution is -2.29. The lowest BCUT2D eigenvalue weighted by atomic mass is 10.1. The number of hydrogen-bond donors (Lipinski definition) is 2. The van der Waals surface area contributed by atoms with E-state index in [0.29, 0.717) is 18.8 Å². The molecule has 0 aliphatic rings. The lowest BCUT2D eigenvalue weighted by Gasteiger charge is -2.22. The number of nitrogens with zero attached hydrogens (tertiary/aromatic N) is 1. The van der Waals surface area contributed by atoms with E-state index in [2.05, 4.69) is 10.3 Å². The van der Waals surface area contributed by atoms with Gasteiger partial charge in [-0.05, 0) is 23.8 Å². The van der Waals surface area contributed by atoms with Gasteiger partial charge >= 0.3 is 0 Å². The third kappa shape index (κ3) is 4.83. The number of anilines is 2. The van der Waals surface area contributed by atoms with Crippen LogP contribution in [0, 0.1) is 0 Å². The Morgan fingerprint density at radius 1 is 0.862 bits per heavy atom. The zero-order valence-electron chi connectivity index (χ0n) is 16.0. The van der Waals surface area contributed by atoms with Gasteiger partial charge in [-0.15, -0.1) is 0 Å². The third-order valence-corrected chi connectivity index (χ3v) is 4.54. The average molecular weight is 385 g/mol. The summed E-state index contributed by atoms with van der Waals surface area (Å²) in [5.41, 5.74) is 9.58. The highest BCUT2D eigenvalue weighted by atomic mass is 16.7. The zero-order valence-corrected chi connectivity index (χ0v) is 16.0. The minimum atomic E-state index is -0.496. The highest BCUT2D eigenvalue weighted by Crippen LogP contribution is 2.27. The Bertz CT molecular complexity index is 1060. The normalized spacial score (nSPS) is 11.9. The zero-order chi connectivity index (χ0) is 19.9. The van der Waals surface area contributed by atoms with E-state index >= 15 is 0 Å². The molecule has 29 heavy (non-hydrogen) atoms. The highest BCUT2D eigenvalue weighted by Gasteiger charge is 2.14. The molecule has 0 bridgehead atoms. The van der Waals surface area contributed by atoms with Crippen molar-refractivity contribution in [2.45, 2.75) is 12.9 Å². The predicted octanol–water partition coefficient (Wildman–Crippen LogP) is 4.85. The van der Waals surface area contributed by atoms with E-state index in [1.165, 1.54) is 0 Å². The summed E-state index contributed by atoms with van der Waals surface area (Å²) in [5, 5.41) is 4.36. The molecule has 4 rings (SSSR count). The van der Waals surface area contributed by atoms with E-state index in [4.69, 9.17) is 15.2 Å². The van der Waals surface area contributed by atoms with Gasteiger partial charge in [0.2, 0.25) is 6.29 Å². The van der Waals surface area contributed by atoms with Crippen LogP contribution in [0.25, 0.3) is 10.9 Å². The van der Waals surface area contributed by atoms with Gasteiger partial charge in [0.15, 0.2) is 0 Å². The van der Waals surface area contributed by atoms with Crippen LogP contribution in [0.1, 0.15) is 5.56 Å². The molecule has 1 heterocycles. The number of benzene rings is 3. The Morgan fingerprint density at radius 3 is 2.34 bits per heavy atom. The Balaban J connectivity index is 1.51. The van der Waals surface area contributed by atoms with Crippen molar-refractivity contribution in [1.82, 2.24) is 4.98 Å². The molecule has 0 aliphatic carbocycles. The summed E-state index contributed by atoms with van der Waals surface area (Å²) >= 11 is 0. The Morgan fingerprint density at radius 2 is 1.55 bits per heavy atom. The first-order chi connectivity index (χ1) is 14.3. The standard InChI is InChI=1S/C24H23N3O2/c25-21-15-26-22-14-8-7-13-20(22)24(21)27-16-23(29-19-11-5-2-6-12-19)28-17-18-9-3-1-4-10-18/h1-15,23H,16-17,25H2,(H,26,27).